The summed E-state index contributed by atoms with van der Waals surface area (Å²) in [4.78, 5) is 12.5. The number of hydrogen-bond donors (Lipinski definition) is 1. The first-order valence-electron chi connectivity index (χ1n) is 7.66. The van der Waals surface area contributed by atoms with E-state index in [1.165, 1.54) is 12.8 Å². The van der Waals surface area contributed by atoms with E-state index in [1.54, 1.807) is 0 Å². The molecule has 3 heteroatoms. The minimum Gasteiger partial charge on any atom is -0.493 e. The second-order valence-corrected chi connectivity index (χ2v) is 5.78. The predicted molar refractivity (Wildman–Crippen MR) is 81.0 cm³/mol. The molecule has 1 fully saturated rings. The van der Waals surface area contributed by atoms with Crippen LogP contribution in [0.1, 0.15) is 50.4 Å². The van der Waals surface area contributed by atoms with E-state index in [0.29, 0.717) is 29.8 Å². The topological polar surface area (TPSA) is 38.3 Å². The summed E-state index contributed by atoms with van der Waals surface area (Å²) in [5, 5.41) is 3.20. The molecule has 1 saturated carbocycles. The molecule has 3 atom stereocenters. The van der Waals surface area contributed by atoms with Crippen molar-refractivity contribution in [3.63, 3.8) is 0 Å². The quantitative estimate of drug-likeness (QED) is 0.911. The Kier molecular flexibility index (Phi) is 5.05. The number of rotatable bonds is 4. The Labute approximate surface area is 121 Å². The maximum Gasteiger partial charge on any atom is 0.255 e. The summed E-state index contributed by atoms with van der Waals surface area (Å²) < 4.78 is 5.53. The number of hydrogen-bond acceptors (Lipinski definition) is 2. The van der Waals surface area contributed by atoms with Crippen molar-refractivity contribution in [3.8, 4) is 5.75 Å². The van der Waals surface area contributed by atoms with Crippen LogP contribution in [-0.2, 0) is 0 Å². The van der Waals surface area contributed by atoms with Gasteiger partial charge in [-0.2, -0.15) is 0 Å². The highest BCUT2D eigenvalue weighted by molar-refractivity contribution is 5.97. The maximum absolute atomic E-state index is 12.5. The van der Waals surface area contributed by atoms with E-state index in [2.05, 4.69) is 19.2 Å². The summed E-state index contributed by atoms with van der Waals surface area (Å²) in [7, 11) is 0. The van der Waals surface area contributed by atoms with Gasteiger partial charge in [0, 0.05) is 6.04 Å². The molecule has 20 heavy (non-hydrogen) atoms. The lowest BCUT2D eigenvalue weighted by molar-refractivity contribution is 0.0887. The van der Waals surface area contributed by atoms with Gasteiger partial charge in [-0.05, 0) is 37.3 Å². The van der Waals surface area contributed by atoms with Gasteiger partial charge in [0.1, 0.15) is 5.75 Å². The van der Waals surface area contributed by atoms with Crippen molar-refractivity contribution in [2.24, 2.45) is 11.8 Å². The number of ether oxygens (including phenoxy) is 1. The van der Waals surface area contributed by atoms with E-state index < -0.39 is 0 Å². The third-order valence-electron chi connectivity index (χ3n) is 4.45. The summed E-state index contributed by atoms with van der Waals surface area (Å²) in [6, 6.07) is 7.74. The van der Waals surface area contributed by atoms with Crippen LogP contribution in [0, 0.1) is 11.8 Å². The van der Waals surface area contributed by atoms with Gasteiger partial charge in [0.25, 0.3) is 5.91 Å². The fraction of sp³-hybridized carbons (Fsp3) is 0.588. The molecule has 1 N–H and O–H groups in total. The Morgan fingerprint density at radius 1 is 1.30 bits per heavy atom. The zero-order valence-electron chi connectivity index (χ0n) is 12.7. The van der Waals surface area contributed by atoms with Crippen molar-refractivity contribution in [1.82, 2.24) is 5.32 Å². The van der Waals surface area contributed by atoms with Gasteiger partial charge < -0.3 is 10.1 Å². The highest BCUT2D eigenvalue weighted by Gasteiger charge is 2.28. The average molecular weight is 275 g/mol. The van der Waals surface area contributed by atoms with Gasteiger partial charge in [-0.25, -0.2) is 0 Å². The largest absolute Gasteiger partial charge is 0.493 e. The van der Waals surface area contributed by atoms with Crippen molar-refractivity contribution in [1.29, 1.82) is 0 Å². The molecule has 3 nitrogen and oxygen atoms in total. The van der Waals surface area contributed by atoms with Crippen molar-refractivity contribution in [2.75, 3.05) is 6.61 Å². The van der Waals surface area contributed by atoms with Crippen LogP contribution < -0.4 is 10.1 Å². The van der Waals surface area contributed by atoms with Crippen molar-refractivity contribution in [3.05, 3.63) is 29.8 Å². The summed E-state index contributed by atoms with van der Waals surface area (Å²) in [5.74, 6) is 1.87. The van der Waals surface area contributed by atoms with E-state index in [0.717, 1.165) is 6.42 Å². The van der Waals surface area contributed by atoms with E-state index in [-0.39, 0.29) is 11.9 Å². The van der Waals surface area contributed by atoms with Crippen LogP contribution in [0.2, 0.25) is 0 Å². The molecule has 110 valence electrons. The molecular formula is C17H25NO2. The van der Waals surface area contributed by atoms with Crippen LogP contribution in [0.15, 0.2) is 24.3 Å². The summed E-state index contributed by atoms with van der Waals surface area (Å²) in [6.07, 6.45) is 3.54. The molecule has 0 radical (unpaired) electrons. The van der Waals surface area contributed by atoms with Gasteiger partial charge in [-0.1, -0.05) is 38.8 Å². The molecule has 1 aliphatic rings. The molecule has 1 aromatic rings. The third-order valence-corrected chi connectivity index (χ3v) is 4.45. The number of amides is 1. The minimum atomic E-state index is -0.0139. The summed E-state index contributed by atoms with van der Waals surface area (Å²) >= 11 is 0. The smallest absolute Gasteiger partial charge is 0.255 e. The molecular weight excluding hydrogens is 250 g/mol. The highest BCUT2D eigenvalue weighted by Crippen LogP contribution is 2.30. The number of carbonyl (C=O) groups excluding carboxylic acids is 1. The van der Waals surface area contributed by atoms with Gasteiger partial charge in [-0.15, -0.1) is 0 Å². The Balaban J connectivity index is 2.08. The SMILES string of the molecule is CCOc1ccccc1C(=O)N[C@@H]1CCC[C@H](C)[C@@H]1C. The molecule has 0 saturated heterocycles. The Morgan fingerprint density at radius 2 is 2.05 bits per heavy atom. The monoisotopic (exact) mass is 275 g/mol. The number of carbonyl (C=O) groups is 1. The first kappa shape index (κ1) is 14.9. The molecule has 0 bridgehead atoms. The second-order valence-electron chi connectivity index (χ2n) is 5.78. The molecule has 1 amide bonds. The van der Waals surface area contributed by atoms with Crippen LogP contribution in [0.5, 0.6) is 5.75 Å². The van der Waals surface area contributed by atoms with Gasteiger partial charge in [-0.3, -0.25) is 4.79 Å². The number of nitrogens with one attached hydrogen (secondary N) is 1. The fourth-order valence-corrected chi connectivity index (χ4v) is 2.97. The lowest BCUT2D eigenvalue weighted by Gasteiger charge is -2.34. The van der Waals surface area contributed by atoms with E-state index in [4.69, 9.17) is 4.74 Å². The molecule has 0 spiro atoms. The Hall–Kier alpha value is -1.51. The Bertz CT molecular complexity index is 458. The first-order chi connectivity index (χ1) is 9.63. The molecule has 1 aliphatic carbocycles. The summed E-state index contributed by atoms with van der Waals surface area (Å²) in [6.45, 7) is 7.01. The average Bonchev–Trinajstić information content (AvgIpc) is 2.45. The van der Waals surface area contributed by atoms with Gasteiger partial charge in [0.15, 0.2) is 0 Å². The standard InChI is InChI=1S/C17H25NO2/c1-4-20-16-11-6-5-9-14(16)17(19)18-15-10-7-8-12(2)13(15)3/h5-6,9,11-13,15H,4,7-8,10H2,1-3H3,(H,18,19)/t12-,13-,15+/m0/s1. The zero-order valence-corrected chi connectivity index (χ0v) is 12.7. The van der Waals surface area contributed by atoms with Crippen molar-refractivity contribution >= 4 is 5.91 Å². The van der Waals surface area contributed by atoms with E-state index in [9.17, 15) is 4.79 Å². The van der Waals surface area contributed by atoms with Gasteiger partial charge in [0.05, 0.1) is 12.2 Å². The lowest BCUT2D eigenvalue weighted by Crippen LogP contribution is -2.43. The van der Waals surface area contributed by atoms with Crippen LogP contribution in [0.4, 0.5) is 0 Å². The van der Waals surface area contributed by atoms with Crippen molar-refractivity contribution < 1.29 is 9.53 Å². The highest BCUT2D eigenvalue weighted by atomic mass is 16.5. The first-order valence-corrected chi connectivity index (χ1v) is 7.66. The third kappa shape index (κ3) is 3.33. The van der Waals surface area contributed by atoms with Crippen LogP contribution >= 0.6 is 0 Å². The zero-order chi connectivity index (χ0) is 14.5. The van der Waals surface area contributed by atoms with E-state index >= 15 is 0 Å². The fourth-order valence-electron chi connectivity index (χ4n) is 2.97. The van der Waals surface area contributed by atoms with Crippen LogP contribution in [-0.4, -0.2) is 18.6 Å². The van der Waals surface area contributed by atoms with Gasteiger partial charge in [0.2, 0.25) is 0 Å². The van der Waals surface area contributed by atoms with E-state index in [1.807, 2.05) is 31.2 Å². The maximum atomic E-state index is 12.5. The minimum absolute atomic E-state index is 0.0139. The number of para-hydroxylation sites is 1. The number of benzene rings is 1. The molecule has 1 aromatic carbocycles. The van der Waals surface area contributed by atoms with Crippen molar-refractivity contribution in [2.45, 2.75) is 46.1 Å². The molecule has 0 aromatic heterocycles. The Morgan fingerprint density at radius 3 is 2.80 bits per heavy atom. The van der Waals surface area contributed by atoms with Gasteiger partial charge >= 0.3 is 0 Å². The molecule has 0 heterocycles. The lowest BCUT2D eigenvalue weighted by atomic mass is 9.78. The second kappa shape index (κ2) is 6.78. The predicted octanol–water partition coefficient (Wildman–Crippen LogP) is 3.64. The molecule has 0 aliphatic heterocycles. The molecule has 0 unspecified atom stereocenters. The molecule has 2 rings (SSSR count). The van der Waals surface area contributed by atoms with Crippen LogP contribution in [0.3, 0.4) is 0 Å². The summed E-state index contributed by atoms with van der Waals surface area (Å²) in [5.41, 5.74) is 0.639. The normalized spacial score (nSPS) is 26.1. The van der Waals surface area contributed by atoms with Crippen LogP contribution in [0.25, 0.3) is 0 Å².